The molecule has 1 aliphatic carbocycles. The largest absolute Gasteiger partial charge is 0.380 e. The van der Waals surface area contributed by atoms with Gasteiger partial charge < -0.3 is 4.74 Å². The molecular formula is C20H21NO3S. The first-order chi connectivity index (χ1) is 12.0. The zero-order chi connectivity index (χ0) is 18.1. The summed E-state index contributed by atoms with van der Waals surface area (Å²) in [5.74, 6) is -0.380. The average Bonchev–Trinajstić information content (AvgIpc) is 3.31. The van der Waals surface area contributed by atoms with E-state index >= 15 is 0 Å². The minimum absolute atomic E-state index is 0.120. The maximum atomic E-state index is 13.2. The van der Waals surface area contributed by atoms with Crippen molar-refractivity contribution in [2.75, 3.05) is 13.2 Å². The monoisotopic (exact) mass is 355 g/mol. The van der Waals surface area contributed by atoms with E-state index in [4.69, 9.17) is 4.74 Å². The maximum absolute atomic E-state index is 13.2. The SMILES string of the molecule is CCOC[C@@]1(C#N)[C@H](c2ccc(C)cc2)[C@@H]1S(=O)(=O)c1ccccc1. The third kappa shape index (κ3) is 2.97. The lowest BCUT2D eigenvalue weighted by atomic mass is 10.0. The van der Waals surface area contributed by atoms with Crippen molar-refractivity contribution in [1.29, 1.82) is 5.26 Å². The molecule has 0 saturated heterocycles. The molecule has 3 atom stereocenters. The number of nitrogens with zero attached hydrogens (tertiary/aromatic N) is 1. The van der Waals surface area contributed by atoms with Crippen molar-refractivity contribution >= 4 is 9.84 Å². The fourth-order valence-electron chi connectivity index (χ4n) is 3.47. The minimum atomic E-state index is -3.63. The highest BCUT2D eigenvalue weighted by atomic mass is 32.2. The van der Waals surface area contributed by atoms with Gasteiger partial charge in [0.1, 0.15) is 5.41 Å². The average molecular weight is 355 g/mol. The van der Waals surface area contributed by atoms with Crippen LogP contribution >= 0.6 is 0 Å². The van der Waals surface area contributed by atoms with E-state index in [9.17, 15) is 13.7 Å². The zero-order valence-electron chi connectivity index (χ0n) is 14.3. The third-order valence-corrected chi connectivity index (χ3v) is 7.14. The number of benzene rings is 2. The molecule has 0 amide bonds. The van der Waals surface area contributed by atoms with Crippen LogP contribution in [-0.2, 0) is 14.6 Å². The van der Waals surface area contributed by atoms with Crippen LogP contribution < -0.4 is 0 Å². The lowest BCUT2D eigenvalue weighted by Crippen LogP contribution is -2.19. The first kappa shape index (κ1) is 17.7. The minimum Gasteiger partial charge on any atom is -0.380 e. The van der Waals surface area contributed by atoms with Crippen LogP contribution in [0.5, 0.6) is 0 Å². The molecule has 0 unspecified atom stereocenters. The zero-order valence-corrected chi connectivity index (χ0v) is 15.2. The molecule has 0 bridgehead atoms. The predicted octanol–water partition coefficient (Wildman–Crippen LogP) is 3.48. The van der Waals surface area contributed by atoms with Crippen LogP contribution in [0, 0.1) is 23.7 Å². The van der Waals surface area contributed by atoms with E-state index in [0.29, 0.717) is 6.61 Å². The number of hydrogen-bond donors (Lipinski definition) is 0. The lowest BCUT2D eigenvalue weighted by molar-refractivity contribution is 0.117. The second-order valence-electron chi connectivity index (χ2n) is 6.46. The molecule has 25 heavy (non-hydrogen) atoms. The molecule has 0 spiro atoms. The fraction of sp³-hybridized carbons (Fsp3) is 0.350. The molecule has 0 radical (unpaired) electrons. The van der Waals surface area contributed by atoms with Gasteiger partial charge in [-0.05, 0) is 31.5 Å². The first-order valence-corrected chi connectivity index (χ1v) is 9.86. The van der Waals surface area contributed by atoms with Crippen LogP contribution in [0.1, 0.15) is 24.0 Å². The summed E-state index contributed by atoms with van der Waals surface area (Å²) >= 11 is 0. The normalized spacial score (nSPS) is 25.3. The Kier molecular flexibility index (Phi) is 4.68. The number of ether oxygens (including phenoxy) is 1. The van der Waals surface area contributed by atoms with Crippen LogP contribution in [0.25, 0.3) is 0 Å². The van der Waals surface area contributed by atoms with Crippen molar-refractivity contribution in [3.63, 3.8) is 0 Å². The molecule has 2 aromatic carbocycles. The van der Waals surface area contributed by atoms with E-state index in [1.54, 1.807) is 30.3 Å². The molecule has 0 N–H and O–H groups in total. The number of hydrogen-bond acceptors (Lipinski definition) is 4. The number of sulfone groups is 1. The predicted molar refractivity (Wildman–Crippen MR) is 95.9 cm³/mol. The maximum Gasteiger partial charge on any atom is 0.183 e. The van der Waals surface area contributed by atoms with E-state index in [1.807, 2.05) is 38.1 Å². The Morgan fingerprint density at radius 3 is 2.32 bits per heavy atom. The molecule has 3 rings (SSSR count). The second kappa shape index (κ2) is 6.62. The standard InChI is InChI=1S/C20H21NO3S/c1-3-24-14-20(13-21)18(16-11-9-15(2)10-12-16)19(20)25(22,23)17-7-5-4-6-8-17/h4-12,18-19H,3,14H2,1-2H3/t18-,19+,20+/m1/s1. The van der Waals surface area contributed by atoms with Gasteiger partial charge in [-0.3, -0.25) is 0 Å². The van der Waals surface area contributed by atoms with E-state index in [1.165, 1.54) is 0 Å². The highest BCUT2D eigenvalue weighted by Crippen LogP contribution is 2.63. The van der Waals surface area contributed by atoms with Crippen LogP contribution in [0.3, 0.4) is 0 Å². The van der Waals surface area contributed by atoms with Gasteiger partial charge >= 0.3 is 0 Å². The summed E-state index contributed by atoms with van der Waals surface area (Å²) in [6.45, 7) is 4.39. The van der Waals surface area contributed by atoms with Gasteiger partial charge in [-0.2, -0.15) is 5.26 Å². The Labute approximate surface area is 149 Å². The smallest absolute Gasteiger partial charge is 0.183 e. The second-order valence-corrected chi connectivity index (χ2v) is 8.53. The number of nitriles is 1. The van der Waals surface area contributed by atoms with Crippen LogP contribution in [0.15, 0.2) is 59.5 Å². The van der Waals surface area contributed by atoms with Crippen molar-refractivity contribution in [2.45, 2.75) is 29.9 Å². The quantitative estimate of drug-likeness (QED) is 0.795. The van der Waals surface area contributed by atoms with Crippen molar-refractivity contribution in [3.05, 3.63) is 65.7 Å². The number of aryl methyl sites for hydroxylation is 1. The summed E-state index contributed by atoms with van der Waals surface area (Å²) in [6.07, 6.45) is 0. The van der Waals surface area contributed by atoms with Gasteiger partial charge in [-0.25, -0.2) is 8.42 Å². The molecule has 1 fully saturated rings. The van der Waals surface area contributed by atoms with Crippen molar-refractivity contribution in [2.24, 2.45) is 5.41 Å². The van der Waals surface area contributed by atoms with Gasteiger partial charge in [0, 0.05) is 12.5 Å². The third-order valence-electron chi connectivity index (χ3n) is 4.85. The molecule has 0 aliphatic heterocycles. The summed E-state index contributed by atoms with van der Waals surface area (Å²) in [4.78, 5) is 0.255. The molecule has 130 valence electrons. The highest BCUT2D eigenvalue weighted by molar-refractivity contribution is 7.92. The molecule has 4 nitrogen and oxygen atoms in total. The van der Waals surface area contributed by atoms with Gasteiger partial charge in [-0.15, -0.1) is 0 Å². The molecule has 0 heterocycles. The van der Waals surface area contributed by atoms with Gasteiger partial charge in [0.15, 0.2) is 9.84 Å². The van der Waals surface area contributed by atoms with Gasteiger partial charge in [0.2, 0.25) is 0 Å². The summed E-state index contributed by atoms with van der Waals surface area (Å²) in [6, 6.07) is 18.3. The summed E-state index contributed by atoms with van der Waals surface area (Å²) < 4.78 is 31.9. The van der Waals surface area contributed by atoms with Crippen LogP contribution in [0.2, 0.25) is 0 Å². The highest BCUT2D eigenvalue weighted by Gasteiger charge is 2.72. The summed E-state index contributed by atoms with van der Waals surface area (Å²) in [7, 11) is -3.63. The van der Waals surface area contributed by atoms with Crippen LogP contribution in [-0.4, -0.2) is 26.9 Å². The van der Waals surface area contributed by atoms with E-state index in [2.05, 4.69) is 6.07 Å². The van der Waals surface area contributed by atoms with Crippen molar-refractivity contribution < 1.29 is 13.2 Å². The fourth-order valence-corrected chi connectivity index (χ4v) is 5.80. The Balaban J connectivity index is 2.06. The Hall–Kier alpha value is -2.16. The Bertz CT molecular complexity index is 885. The molecule has 1 aliphatic rings. The Morgan fingerprint density at radius 1 is 1.12 bits per heavy atom. The molecule has 1 saturated carbocycles. The summed E-state index contributed by atoms with van der Waals surface area (Å²) in [5, 5.41) is 9.07. The van der Waals surface area contributed by atoms with Gasteiger partial charge in [0.05, 0.1) is 22.8 Å². The van der Waals surface area contributed by atoms with Gasteiger partial charge in [-0.1, -0.05) is 48.0 Å². The molecule has 2 aromatic rings. The van der Waals surface area contributed by atoms with E-state index in [-0.39, 0.29) is 17.4 Å². The molecular weight excluding hydrogens is 334 g/mol. The van der Waals surface area contributed by atoms with Crippen molar-refractivity contribution in [3.8, 4) is 6.07 Å². The topological polar surface area (TPSA) is 67.2 Å². The van der Waals surface area contributed by atoms with Crippen LogP contribution in [0.4, 0.5) is 0 Å². The van der Waals surface area contributed by atoms with Crippen molar-refractivity contribution in [1.82, 2.24) is 0 Å². The lowest BCUT2D eigenvalue weighted by Gasteiger charge is -2.09. The summed E-state index contributed by atoms with van der Waals surface area (Å²) in [5.41, 5.74) is 0.926. The molecule has 5 heteroatoms. The molecule has 0 aromatic heterocycles. The van der Waals surface area contributed by atoms with Gasteiger partial charge in [0.25, 0.3) is 0 Å². The Morgan fingerprint density at radius 2 is 1.76 bits per heavy atom. The number of rotatable bonds is 6. The van der Waals surface area contributed by atoms with E-state index in [0.717, 1.165) is 11.1 Å². The first-order valence-electron chi connectivity index (χ1n) is 8.32. The van der Waals surface area contributed by atoms with E-state index < -0.39 is 20.5 Å².